The van der Waals surface area contributed by atoms with Crippen LogP contribution in [0.2, 0.25) is 0 Å². The van der Waals surface area contributed by atoms with Gasteiger partial charge in [0.2, 0.25) is 5.75 Å². The van der Waals surface area contributed by atoms with Gasteiger partial charge in [0, 0.05) is 0 Å². The van der Waals surface area contributed by atoms with Crippen LogP contribution in [0.1, 0.15) is 0 Å². The zero-order chi connectivity index (χ0) is 10.1. The fraction of sp³-hybridized carbons (Fsp3) is 0. The third kappa shape index (κ3) is 2.62. The molecule has 1 rings (SSSR count). The molecule has 0 spiro atoms. The molecule has 0 heterocycles. The van der Waals surface area contributed by atoms with E-state index in [1.165, 1.54) is 6.07 Å². The number of phosphoric ester groups is 1. The van der Waals surface area contributed by atoms with E-state index in [0.29, 0.717) is 0 Å². The van der Waals surface area contributed by atoms with Crippen molar-refractivity contribution in [2.24, 2.45) is 0 Å². The smallest absolute Gasteiger partial charge is 0.504 e. The van der Waals surface area contributed by atoms with E-state index in [1.807, 2.05) is 0 Å². The molecule has 0 bridgehead atoms. The molecule has 0 saturated heterocycles. The summed E-state index contributed by atoms with van der Waals surface area (Å²) in [5.74, 6) is -1.68. The minimum atomic E-state index is -4.71. The highest BCUT2D eigenvalue weighted by atomic mass is 31.2. The molecule has 0 fully saturated rings. The van der Waals surface area contributed by atoms with Crippen LogP contribution in [0.3, 0.4) is 0 Å². The van der Waals surface area contributed by atoms with Gasteiger partial charge in [-0.3, -0.25) is 9.79 Å². The predicted octanol–water partition coefficient (Wildman–Crippen LogP) is 0.569. The number of benzene rings is 1. The Morgan fingerprint density at radius 1 is 1.23 bits per heavy atom. The van der Waals surface area contributed by atoms with E-state index in [2.05, 4.69) is 4.52 Å². The van der Waals surface area contributed by atoms with E-state index in [4.69, 9.17) is 20.0 Å². The van der Waals surface area contributed by atoms with Crippen LogP contribution >= 0.6 is 7.82 Å². The highest BCUT2D eigenvalue weighted by molar-refractivity contribution is 7.46. The SMILES string of the molecule is O=P(O)(O)Oc1cccc(O)c1O. The van der Waals surface area contributed by atoms with Gasteiger partial charge in [0.05, 0.1) is 0 Å². The van der Waals surface area contributed by atoms with E-state index in [1.54, 1.807) is 0 Å². The fourth-order valence-electron chi connectivity index (χ4n) is 0.713. The average Bonchev–Trinajstić information content (AvgIpc) is 1.96. The maximum atomic E-state index is 10.3. The monoisotopic (exact) mass is 206 g/mol. The molecule has 6 nitrogen and oxygen atoms in total. The Hall–Kier alpha value is -1.23. The lowest BCUT2D eigenvalue weighted by Crippen LogP contribution is -1.90. The summed E-state index contributed by atoms with van der Waals surface area (Å²) >= 11 is 0. The second-order valence-electron chi connectivity index (χ2n) is 2.21. The second-order valence-corrected chi connectivity index (χ2v) is 3.37. The van der Waals surface area contributed by atoms with Gasteiger partial charge in [-0.15, -0.1) is 0 Å². The van der Waals surface area contributed by atoms with Crippen molar-refractivity contribution < 1.29 is 29.1 Å². The van der Waals surface area contributed by atoms with Gasteiger partial charge >= 0.3 is 7.82 Å². The molecule has 0 aromatic heterocycles. The third-order valence-corrected chi connectivity index (χ3v) is 1.63. The lowest BCUT2D eigenvalue weighted by atomic mass is 10.3. The van der Waals surface area contributed by atoms with E-state index in [-0.39, 0.29) is 0 Å². The van der Waals surface area contributed by atoms with Gasteiger partial charge in [-0.25, -0.2) is 4.57 Å². The summed E-state index contributed by atoms with van der Waals surface area (Å²) in [5.41, 5.74) is 0. The Morgan fingerprint density at radius 3 is 2.38 bits per heavy atom. The first-order chi connectivity index (χ1) is 5.90. The Kier molecular flexibility index (Phi) is 2.47. The van der Waals surface area contributed by atoms with Crippen molar-refractivity contribution >= 4 is 7.82 Å². The molecule has 0 radical (unpaired) electrons. The molecule has 0 amide bonds. The van der Waals surface area contributed by atoms with Crippen molar-refractivity contribution in [1.82, 2.24) is 0 Å². The topological polar surface area (TPSA) is 107 Å². The number of aromatic hydroxyl groups is 2. The number of hydrogen-bond donors (Lipinski definition) is 4. The summed E-state index contributed by atoms with van der Waals surface area (Å²) in [6, 6.07) is 3.55. The molecule has 0 saturated carbocycles. The van der Waals surface area contributed by atoms with E-state index >= 15 is 0 Å². The summed E-state index contributed by atoms with van der Waals surface area (Å²) < 4.78 is 14.4. The lowest BCUT2D eigenvalue weighted by Gasteiger charge is -2.08. The van der Waals surface area contributed by atoms with Gasteiger partial charge in [-0.1, -0.05) is 6.07 Å². The van der Waals surface area contributed by atoms with Crippen LogP contribution in [0.5, 0.6) is 17.2 Å². The molecule has 4 N–H and O–H groups in total. The Balaban J connectivity index is 3.03. The number of hydrogen-bond acceptors (Lipinski definition) is 4. The summed E-state index contributed by atoms with van der Waals surface area (Å²) in [6.45, 7) is 0. The molecule has 13 heavy (non-hydrogen) atoms. The maximum Gasteiger partial charge on any atom is 0.524 e. The van der Waals surface area contributed by atoms with Gasteiger partial charge in [0.1, 0.15) is 0 Å². The predicted molar refractivity (Wildman–Crippen MR) is 42.4 cm³/mol. The lowest BCUT2D eigenvalue weighted by molar-refractivity contribution is 0.276. The Bertz CT molecular complexity index is 356. The van der Waals surface area contributed by atoms with Crippen molar-refractivity contribution in [1.29, 1.82) is 0 Å². The molecule has 7 heteroatoms. The highest BCUT2D eigenvalue weighted by Gasteiger charge is 2.19. The molecular weight excluding hydrogens is 199 g/mol. The van der Waals surface area contributed by atoms with Crippen molar-refractivity contribution in [2.75, 3.05) is 0 Å². The quantitative estimate of drug-likeness (QED) is 0.416. The van der Waals surface area contributed by atoms with Crippen LogP contribution in [-0.2, 0) is 4.57 Å². The minimum Gasteiger partial charge on any atom is -0.504 e. The van der Waals surface area contributed by atoms with E-state index in [0.717, 1.165) is 12.1 Å². The zero-order valence-corrected chi connectivity index (χ0v) is 7.18. The van der Waals surface area contributed by atoms with Crippen LogP contribution in [0, 0.1) is 0 Å². The minimum absolute atomic E-state index is 0.465. The van der Waals surface area contributed by atoms with Gasteiger partial charge in [-0.2, -0.15) is 0 Å². The van der Waals surface area contributed by atoms with Crippen molar-refractivity contribution in [3.05, 3.63) is 18.2 Å². The summed E-state index contributed by atoms with van der Waals surface area (Å²) in [6.07, 6.45) is 0. The number of para-hydroxylation sites is 1. The van der Waals surface area contributed by atoms with Gasteiger partial charge in [0.25, 0.3) is 0 Å². The first-order valence-electron chi connectivity index (χ1n) is 3.16. The van der Waals surface area contributed by atoms with Crippen LogP contribution in [-0.4, -0.2) is 20.0 Å². The van der Waals surface area contributed by atoms with Crippen LogP contribution in [0.25, 0.3) is 0 Å². The second kappa shape index (κ2) is 3.26. The van der Waals surface area contributed by atoms with Gasteiger partial charge in [0.15, 0.2) is 11.5 Å². The molecule has 1 aromatic rings. The Morgan fingerprint density at radius 2 is 1.85 bits per heavy atom. The molecule has 1 aromatic carbocycles. The molecule has 0 aliphatic heterocycles. The zero-order valence-electron chi connectivity index (χ0n) is 6.28. The Labute approximate surface area is 73.3 Å². The van der Waals surface area contributed by atoms with Crippen LogP contribution in [0.15, 0.2) is 18.2 Å². The molecule has 0 unspecified atom stereocenters. The highest BCUT2D eigenvalue weighted by Crippen LogP contribution is 2.44. The molecule has 72 valence electrons. The third-order valence-electron chi connectivity index (χ3n) is 1.19. The molecule has 0 aliphatic rings. The van der Waals surface area contributed by atoms with E-state index in [9.17, 15) is 4.57 Å². The number of rotatable bonds is 2. The van der Waals surface area contributed by atoms with E-state index < -0.39 is 25.1 Å². The first-order valence-corrected chi connectivity index (χ1v) is 4.69. The van der Waals surface area contributed by atoms with Crippen LogP contribution in [0.4, 0.5) is 0 Å². The number of phenolic OH excluding ortho intramolecular Hbond substituents is 2. The largest absolute Gasteiger partial charge is 0.524 e. The normalized spacial score (nSPS) is 11.2. The number of phosphoric acid groups is 1. The average molecular weight is 206 g/mol. The molecule has 0 aliphatic carbocycles. The molecular formula is C6H7O6P. The van der Waals surface area contributed by atoms with Crippen molar-refractivity contribution in [2.45, 2.75) is 0 Å². The van der Waals surface area contributed by atoms with Gasteiger partial charge < -0.3 is 14.7 Å². The summed E-state index contributed by atoms with van der Waals surface area (Å²) in [7, 11) is -4.71. The van der Waals surface area contributed by atoms with Crippen LogP contribution < -0.4 is 4.52 Å². The molecule has 0 atom stereocenters. The first kappa shape index (κ1) is 9.85. The fourth-order valence-corrected chi connectivity index (χ4v) is 1.12. The summed E-state index contributed by atoms with van der Waals surface area (Å²) in [4.78, 5) is 16.8. The summed E-state index contributed by atoms with van der Waals surface area (Å²) in [5, 5.41) is 18.0. The van der Waals surface area contributed by atoms with Crippen molar-refractivity contribution in [3.8, 4) is 17.2 Å². The maximum absolute atomic E-state index is 10.3. The number of phenols is 2. The van der Waals surface area contributed by atoms with Crippen molar-refractivity contribution in [3.63, 3.8) is 0 Å². The van der Waals surface area contributed by atoms with Gasteiger partial charge in [-0.05, 0) is 12.1 Å². The standard InChI is InChI=1S/C6H7O6P/c7-4-2-1-3-5(6(4)8)12-13(9,10)11/h1-3,7-8H,(H2,9,10,11).